The second-order valence-corrected chi connectivity index (χ2v) is 6.58. The highest BCUT2D eigenvalue weighted by molar-refractivity contribution is 5.27. The lowest BCUT2D eigenvalue weighted by Gasteiger charge is -2.32. The summed E-state index contributed by atoms with van der Waals surface area (Å²) in [4.78, 5) is 2.34. The van der Waals surface area contributed by atoms with Crippen LogP contribution in [0.15, 0.2) is 24.3 Å². The lowest BCUT2D eigenvalue weighted by atomic mass is 10.0. The van der Waals surface area contributed by atoms with Crippen LogP contribution in [0, 0.1) is 5.92 Å². The van der Waals surface area contributed by atoms with Crippen LogP contribution in [0.2, 0.25) is 0 Å². The van der Waals surface area contributed by atoms with E-state index in [0.717, 1.165) is 31.2 Å². The first-order valence-electron chi connectivity index (χ1n) is 8.87. The van der Waals surface area contributed by atoms with Gasteiger partial charge in [0.2, 0.25) is 0 Å². The molecule has 1 fully saturated rings. The van der Waals surface area contributed by atoms with Crippen LogP contribution in [0.5, 0.6) is 5.75 Å². The molecular formula is C19H31NO3. The summed E-state index contributed by atoms with van der Waals surface area (Å²) in [5.41, 5.74) is 1.31. The Balaban J connectivity index is 1.54. The highest BCUT2D eigenvalue weighted by Gasteiger charge is 2.18. The average molecular weight is 321 g/mol. The van der Waals surface area contributed by atoms with Crippen LogP contribution in [0.25, 0.3) is 0 Å². The van der Waals surface area contributed by atoms with Crippen molar-refractivity contribution in [3.05, 3.63) is 29.8 Å². The molecule has 4 heteroatoms. The number of rotatable bonds is 9. The van der Waals surface area contributed by atoms with Gasteiger partial charge >= 0.3 is 0 Å². The summed E-state index contributed by atoms with van der Waals surface area (Å²) in [6, 6.07) is 8.15. The zero-order valence-corrected chi connectivity index (χ0v) is 14.5. The molecule has 1 aliphatic rings. The molecule has 0 unspecified atom stereocenters. The van der Waals surface area contributed by atoms with Crippen molar-refractivity contribution < 1.29 is 14.6 Å². The molecule has 2 atom stereocenters. The summed E-state index contributed by atoms with van der Waals surface area (Å²) < 4.78 is 11.2. The van der Waals surface area contributed by atoms with E-state index in [0.29, 0.717) is 26.4 Å². The maximum Gasteiger partial charge on any atom is 0.119 e. The van der Waals surface area contributed by atoms with Crippen LogP contribution in [-0.4, -0.2) is 55.6 Å². The van der Waals surface area contributed by atoms with Crippen LogP contribution in [-0.2, 0) is 11.2 Å². The quantitative estimate of drug-likeness (QED) is 0.710. The molecule has 0 spiro atoms. The third-order valence-electron chi connectivity index (χ3n) is 4.35. The van der Waals surface area contributed by atoms with Gasteiger partial charge in [0, 0.05) is 13.1 Å². The molecule has 1 heterocycles. The number of aliphatic hydroxyl groups is 1. The molecule has 0 radical (unpaired) electrons. The number of aliphatic hydroxyl groups excluding tert-OH is 1. The number of ether oxygens (including phenoxy) is 2. The van der Waals surface area contributed by atoms with E-state index in [1.54, 1.807) is 0 Å². The van der Waals surface area contributed by atoms with Gasteiger partial charge in [-0.15, -0.1) is 0 Å². The van der Waals surface area contributed by atoms with Crippen LogP contribution >= 0.6 is 0 Å². The van der Waals surface area contributed by atoms with Crippen LogP contribution < -0.4 is 4.74 Å². The molecule has 0 bridgehead atoms. The second kappa shape index (κ2) is 9.91. The first kappa shape index (κ1) is 18.2. The maximum atomic E-state index is 10.1. The van der Waals surface area contributed by atoms with E-state index in [1.807, 2.05) is 12.1 Å². The molecule has 0 amide bonds. The van der Waals surface area contributed by atoms with Gasteiger partial charge in [0.25, 0.3) is 0 Å². The number of aryl methyl sites for hydroxylation is 1. The molecule has 130 valence electrons. The minimum absolute atomic E-state index is 0.378. The zero-order chi connectivity index (χ0) is 16.5. The number of nitrogens with zero attached hydrogens (tertiary/aromatic N) is 1. The molecule has 1 saturated heterocycles. The smallest absolute Gasteiger partial charge is 0.119 e. The Kier molecular flexibility index (Phi) is 7.86. The average Bonchev–Trinajstić information content (AvgIpc) is 2.55. The van der Waals surface area contributed by atoms with Crippen molar-refractivity contribution in [1.29, 1.82) is 0 Å². The molecule has 0 saturated carbocycles. The fraction of sp³-hybridized carbons (Fsp3) is 0.684. The SMILES string of the molecule is CCc1ccc(OCCOC[C@H](O)CN2CCC[C@H](C)C2)cc1. The van der Waals surface area contributed by atoms with E-state index in [1.165, 1.54) is 18.4 Å². The standard InChI is InChI=1S/C19H31NO3/c1-3-17-6-8-19(9-7-17)23-12-11-22-15-18(21)14-20-10-4-5-16(2)13-20/h6-9,16,18,21H,3-5,10-15H2,1-2H3/t16-,18+/m0/s1. The third kappa shape index (κ3) is 6.90. The number of likely N-dealkylation sites (tertiary alicyclic amines) is 1. The Morgan fingerprint density at radius 3 is 2.74 bits per heavy atom. The molecule has 1 aromatic rings. The Labute approximate surface area is 140 Å². The number of piperidine rings is 1. The monoisotopic (exact) mass is 321 g/mol. The lowest BCUT2D eigenvalue weighted by molar-refractivity contribution is 0.00223. The van der Waals surface area contributed by atoms with Crippen molar-refractivity contribution in [3.63, 3.8) is 0 Å². The molecule has 1 aromatic carbocycles. The maximum absolute atomic E-state index is 10.1. The van der Waals surface area contributed by atoms with Crippen LogP contribution in [0.4, 0.5) is 0 Å². The van der Waals surface area contributed by atoms with E-state index in [4.69, 9.17) is 9.47 Å². The van der Waals surface area contributed by atoms with Gasteiger partial charge < -0.3 is 19.5 Å². The van der Waals surface area contributed by atoms with Gasteiger partial charge in [-0.05, 0) is 49.4 Å². The fourth-order valence-electron chi connectivity index (χ4n) is 3.06. The first-order valence-corrected chi connectivity index (χ1v) is 8.87. The summed E-state index contributed by atoms with van der Waals surface area (Å²) >= 11 is 0. The molecule has 23 heavy (non-hydrogen) atoms. The summed E-state index contributed by atoms with van der Waals surface area (Å²) in [5, 5.41) is 10.1. The summed E-state index contributed by atoms with van der Waals surface area (Å²) in [6.07, 6.45) is 3.17. The molecule has 1 N–H and O–H groups in total. The van der Waals surface area contributed by atoms with Gasteiger partial charge in [-0.2, -0.15) is 0 Å². The largest absolute Gasteiger partial charge is 0.491 e. The molecule has 4 nitrogen and oxygen atoms in total. The summed E-state index contributed by atoms with van der Waals surface area (Å²) in [5.74, 6) is 1.61. The normalized spacial score (nSPS) is 20.4. The molecular weight excluding hydrogens is 290 g/mol. The zero-order valence-electron chi connectivity index (χ0n) is 14.5. The van der Waals surface area contributed by atoms with E-state index in [9.17, 15) is 5.11 Å². The number of benzene rings is 1. The fourth-order valence-corrected chi connectivity index (χ4v) is 3.06. The van der Waals surface area contributed by atoms with Gasteiger partial charge in [0.05, 0.1) is 19.3 Å². The van der Waals surface area contributed by atoms with Crippen molar-refractivity contribution >= 4 is 0 Å². The Morgan fingerprint density at radius 2 is 2.04 bits per heavy atom. The van der Waals surface area contributed by atoms with Gasteiger partial charge in [-0.3, -0.25) is 0 Å². The second-order valence-electron chi connectivity index (χ2n) is 6.58. The van der Waals surface area contributed by atoms with Crippen molar-refractivity contribution in [2.75, 3.05) is 39.5 Å². The molecule has 1 aliphatic heterocycles. The lowest BCUT2D eigenvalue weighted by Crippen LogP contribution is -2.40. The predicted octanol–water partition coefficient (Wildman–Crippen LogP) is 2.74. The Bertz CT molecular complexity index is 435. The van der Waals surface area contributed by atoms with Crippen LogP contribution in [0.1, 0.15) is 32.3 Å². The number of β-amino-alcohol motifs (C(OH)–C–C–N with tert-alkyl or cyclic N) is 1. The topological polar surface area (TPSA) is 41.9 Å². The van der Waals surface area contributed by atoms with E-state index in [-0.39, 0.29) is 0 Å². The van der Waals surface area contributed by atoms with Crippen molar-refractivity contribution in [2.24, 2.45) is 5.92 Å². The van der Waals surface area contributed by atoms with E-state index < -0.39 is 6.10 Å². The number of hydrogen-bond donors (Lipinski definition) is 1. The van der Waals surface area contributed by atoms with Gasteiger partial charge in [-0.1, -0.05) is 26.0 Å². The summed E-state index contributed by atoms with van der Waals surface area (Å²) in [7, 11) is 0. The Morgan fingerprint density at radius 1 is 1.26 bits per heavy atom. The molecule has 0 aromatic heterocycles. The van der Waals surface area contributed by atoms with E-state index >= 15 is 0 Å². The van der Waals surface area contributed by atoms with Crippen molar-refractivity contribution in [1.82, 2.24) is 4.90 Å². The molecule has 0 aliphatic carbocycles. The molecule has 2 rings (SSSR count). The van der Waals surface area contributed by atoms with Gasteiger partial charge in [0.1, 0.15) is 12.4 Å². The minimum Gasteiger partial charge on any atom is -0.491 e. The number of hydrogen-bond acceptors (Lipinski definition) is 4. The van der Waals surface area contributed by atoms with Crippen LogP contribution in [0.3, 0.4) is 0 Å². The highest BCUT2D eigenvalue weighted by Crippen LogP contribution is 2.15. The van der Waals surface area contributed by atoms with Gasteiger partial charge in [0.15, 0.2) is 0 Å². The Hall–Kier alpha value is -1.10. The third-order valence-corrected chi connectivity index (χ3v) is 4.35. The van der Waals surface area contributed by atoms with E-state index in [2.05, 4.69) is 30.9 Å². The van der Waals surface area contributed by atoms with Crippen molar-refractivity contribution in [3.8, 4) is 5.75 Å². The predicted molar refractivity (Wildman–Crippen MR) is 93.0 cm³/mol. The minimum atomic E-state index is -0.413. The summed E-state index contributed by atoms with van der Waals surface area (Å²) in [6.45, 7) is 8.71. The first-order chi connectivity index (χ1) is 11.2. The highest BCUT2D eigenvalue weighted by atomic mass is 16.5. The van der Waals surface area contributed by atoms with Gasteiger partial charge in [-0.25, -0.2) is 0 Å². The van der Waals surface area contributed by atoms with Crippen molar-refractivity contribution in [2.45, 2.75) is 39.2 Å².